The highest BCUT2D eigenvalue weighted by Gasteiger charge is 2.43. The van der Waals surface area contributed by atoms with Crippen LogP contribution >= 0.6 is 11.3 Å². The molecule has 2 N–H and O–H groups in total. The number of phenolic OH excluding ortho intramolecular Hbond substituents is 1. The Bertz CT molecular complexity index is 648. The van der Waals surface area contributed by atoms with Gasteiger partial charge in [0.2, 0.25) is 5.91 Å². The highest BCUT2D eigenvalue weighted by molar-refractivity contribution is 7.08. The number of ketones is 1. The molecule has 1 aliphatic rings. The lowest BCUT2D eigenvalue weighted by molar-refractivity contribution is -0.133. The monoisotopic (exact) mass is 287 g/mol. The largest absolute Gasteiger partial charge is 0.508 e. The van der Waals surface area contributed by atoms with Crippen molar-refractivity contribution in [2.75, 3.05) is 0 Å². The van der Waals surface area contributed by atoms with Crippen LogP contribution in [-0.4, -0.2) is 16.8 Å². The molecule has 5 heteroatoms. The number of para-hydroxylation sites is 1. The maximum Gasteiger partial charge on any atom is 0.228 e. The molecule has 1 aromatic carbocycles. The van der Waals surface area contributed by atoms with Crippen LogP contribution in [0.4, 0.5) is 0 Å². The molecule has 4 nitrogen and oxygen atoms in total. The van der Waals surface area contributed by atoms with Crippen molar-refractivity contribution < 1.29 is 14.7 Å². The Kier molecular flexibility index (Phi) is 3.06. The zero-order chi connectivity index (χ0) is 14.2. The lowest BCUT2D eigenvalue weighted by Gasteiger charge is -2.37. The second-order valence-electron chi connectivity index (χ2n) is 4.87. The van der Waals surface area contributed by atoms with Gasteiger partial charge in [0.05, 0.1) is 6.42 Å². The second-order valence-corrected chi connectivity index (χ2v) is 5.65. The number of thiophene rings is 1. The van der Waals surface area contributed by atoms with E-state index in [1.165, 1.54) is 11.3 Å². The molecule has 0 spiro atoms. The van der Waals surface area contributed by atoms with Crippen molar-refractivity contribution >= 4 is 23.0 Å². The number of Topliss-reactive ketones (excluding diaryl/α,β-unsaturated/α-hetero) is 1. The van der Waals surface area contributed by atoms with E-state index in [1.807, 2.05) is 16.8 Å². The molecule has 1 fully saturated rings. The highest BCUT2D eigenvalue weighted by Crippen LogP contribution is 2.40. The van der Waals surface area contributed by atoms with Crippen molar-refractivity contribution in [3.05, 3.63) is 52.2 Å². The first-order chi connectivity index (χ1) is 9.62. The maximum atomic E-state index is 11.9. The predicted octanol–water partition coefficient (Wildman–Crippen LogP) is 2.18. The summed E-state index contributed by atoms with van der Waals surface area (Å²) in [5.41, 5.74) is 0.419. The van der Waals surface area contributed by atoms with E-state index in [4.69, 9.17) is 0 Å². The Labute approximate surface area is 120 Å². The molecule has 0 unspecified atom stereocenters. The summed E-state index contributed by atoms with van der Waals surface area (Å²) in [6.07, 6.45) is 0.0620. The van der Waals surface area contributed by atoms with E-state index in [1.54, 1.807) is 24.3 Å². The van der Waals surface area contributed by atoms with Gasteiger partial charge in [-0.05, 0) is 28.5 Å². The Morgan fingerprint density at radius 3 is 2.65 bits per heavy atom. The van der Waals surface area contributed by atoms with E-state index in [-0.39, 0.29) is 30.3 Å². The number of rotatable bonds is 2. The molecule has 1 amide bonds. The smallest absolute Gasteiger partial charge is 0.228 e. The lowest BCUT2D eigenvalue weighted by atomic mass is 9.77. The SMILES string of the molecule is O=C1CC(=O)N[C@@](c2ccsc2)(c2ccccc2O)C1. The van der Waals surface area contributed by atoms with Crippen molar-refractivity contribution in [3.63, 3.8) is 0 Å². The van der Waals surface area contributed by atoms with Gasteiger partial charge in [0, 0.05) is 12.0 Å². The number of nitrogens with one attached hydrogen (secondary N) is 1. The Morgan fingerprint density at radius 1 is 1.20 bits per heavy atom. The number of carbonyl (C=O) groups is 2. The fourth-order valence-corrected chi connectivity index (χ4v) is 3.43. The van der Waals surface area contributed by atoms with Gasteiger partial charge < -0.3 is 10.4 Å². The van der Waals surface area contributed by atoms with Gasteiger partial charge in [-0.15, -0.1) is 0 Å². The van der Waals surface area contributed by atoms with Gasteiger partial charge in [0.1, 0.15) is 17.1 Å². The number of aromatic hydroxyl groups is 1. The fourth-order valence-electron chi connectivity index (χ4n) is 2.70. The first-order valence-electron chi connectivity index (χ1n) is 6.26. The Hall–Kier alpha value is -2.14. The summed E-state index contributed by atoms with van der Waals surface area (Å²) in [5.74, 6) is -0.354. The van der Waals surface area contributed by atoms with Crippen LogP contribution < -0.4 is 5.32 Å². The van der Waals surface area contributed by atoms with Gasteiger partial charge in [-0.1, -0.05) is 18.2 Å². The average Bonchev–Trinajstić information content (AvgIpc) is 2.92. The van der Waals surface area contributed by atoms with E-state index in [9.17, 15) is 14.7 Å². The van der Waals surface area contributed by atoms with Crippen molar-refractivity contribution in [3.8, 4) is 5.75 Å². The molecular formula is C15H13NO3S. The number of amides is 1. The normalized spacial score (nSPS) is 22.6. The number of piperidine rings is 1. The van der Waals surface area contributed by atoms with Crippen LogP contribution in [0.2, 0.25) is 0 Å². The average molecular weight is 287 g/mol. The van der Waals surface area contributed by atoms with Gasteiger partial charge in [-0.3, -0.25) is 9.59 Å². The summed E-state index contributed by atoms with van der Waals surface area (Å²) in [5, 5.41) is 16.8. The Balaban J connectivity index is 2.21. The van der Waals surface area contributed by atoms with E-state index < -0.39 is 5.54 Å². The summed E-state index contributed by atoms with van der Waals surface area (Å²) in [6.45, 7) is 0. The number of benzene rings is 1. The lowest BCUT2D eigenvalue weighted by Crippen LogP contribution is -2.52. The minimum atomic E-state index is -0.961. The summed E-state index contributed by atoms with van der Waals surface area (Å²) in [6, 6.07) is 8.68. The fraction of sp³-hybridized carbons (Fsp3) is 0.200. The molecule has 3 rings (SSSR count). The van der Waals surface area contributed by atoms with E-state index >= 15 is 0 Å². The third-order valence-electron chi connectivity index (χ3n) is 3.55. The molecule has 1 atom stereocenters. The molecule has 1 aromatic heterocycles. The van der Waals surface area contributed by atoms with Crippen molar-refractivity contribution in [1.82, 2.24) is 5.32 Å². The molecule has 0 saturated carbocycles. The van der Waals surface area contributed by atoms with Gasteiger partial charge in [-0.25, -0.2) is 0 Å². The number of carbonyl (C=O) groups excluding carboxylic acids is 2. The number of hydrogen-bond acceptors (Lipinski definition) is 4. The summed E-state index contributed by atoms with van der Waals surface area (Å²) < 4.78 is 0. The molecule has 2 heterocycles. The van der Waals surface area contributed by atoms with Gasteiger partial charge in [-0.2, -0.15) is 11.3 Å². The standard InChI is InChI=1S/C15H13NO3S/c17-11-7-14(19)16-15(8-11,10-5-6-20-9-10)12-3-1-2-4-13(12)18/h1-6,9,18H,7-8H2,(H,16,19)/t15-/m0/s1. The quantitative estimate of drug-likeness (QED) is 0.832. The van der Waals surface area contributed by atoms with Crippen LogP contribution in [0, 0.1) is 0 Å². The van der Waals surface area contributed by atoms with Crippen molar-refractivity contribution in [1.29, 1.82) is 0 Å². The second kappa shape index (κ2) is 4.76. The topological polar surface area (TPSA) is 66.4 Å². The zero-order valence-corrected chi connectivity index (χ0v) is 11.4. The van der Waals surface area contributed by atoms with Crippen LogP contribution in [-0.2, 0) is 15.1 Å². The molecule has 2 aromatic rings. The molecule has 0 bridgehead atoms. The Morgan fingerprint density at radius 2 is 2.00 bits per heavy atom. The van der Waals surface area contributed by atoms with Gasteiger partial charge in [0.15, 0.2) is 0 Å². The van der Waals surface area contributed by atoms with Crippen LogP contribution in [0.3, 0.4) is 0 Å². The molecule has 1 saturated heterocycles. The van der Waals surface area contributed by atoms with Crippen LogP contribution in [0.5, 0.6) is 5.75 Å². The minimum absolute atomic E-state index is 0.0775. The van der Waals surface area contributed by atoms with E-state index in [0.717, 1.165) is 5.56 Å². The molecule has 102 valence electrons. The summed E-state index contributed by atoms with van der Waals surface area (Å²) in [4.78, 5) is 23.8. The number of hydrogen-bond donors (Lipinski definition) is 2. The molecule has 0 aliphatic carbocycles. The first kappa shape index (κ1) is 12.9. The van der Waals surface area contributed by atoms with Crippen molar-refractivity contribution in [2.24, 2.45) is 0 Å². The molecule has 1 aliphatic heterocycles. The maximum absolute atomic E-state index is 11.9. The zero-order valence-electron chi connectivity index (χ0n) is 10.6. The number of phenols is 1. The first-order valence-corrected chi connectivity index (χ1v) is 7.20. The minimum Gasteiger partial charge on any atom is -0.508 e. The summed E-state index contributed by atoms with van der Waals surface area (Å²) in [7, 11) is 0. The molecule has 20 heavy (non-hydrogen) atoms. The third kappa shape index (κ3) is 2.00. The van der Waals surface area contributed by atoms with Gasteiger partial charge >= 0.3 is 0 Å². The van der Waals surface area contributed by atoms with Crippen LogP contribution in [0.25, 0.3) is 0 Å². The molecular weight excluding hydrogens is 274 g/mol. The van der Waals surface area contributed by atoms with Gasteiger partial charge in [0.25, 0.3) is 0 Å². The van der Waals surface area contributed by atoms with E-state index in [0.29, 0.717) is 5.56 Å². The molecule has 0 radical (unpaired) electrons. The van der Waals surface area contributed by atoms with E-state index in [2.05, 4.69) is 5.32 Å². The van der Waals surface area contributed by atoms with Crippen LogP contribution in [0.1, 0.15) is 24.0 Å². The van der Waals surface area contributed by atoms with Crippen LogP contribution in [0.15, 0.2) is 41.1 Å². The third-order valence-corrected chi connectivity index (χ3v) is 4.23. The highest BCUT2D eigenvalue weighted by atomic mass is 32.1. The predicted molar refractivity (Wildman–Crippen MR) is 75.6 cm³/mol. The summed E-state index contributed by atoms with van der Waals surface area (Å²) >= 11 is 1.49. The van der Waals surface area contributed by atoms with Crippen molar-refractivity contribution in [2.45, 2.75) is 18.4 Å².